The number of alkyl halides is 3. The molecule has 44 heavy (non-hydrogen) atoms. The summed E-state index contributed by atoms with van der Waals surface area (Å²) in [5, 5.41) is 0.693. The molecule has 1 heterocycles. The van der Waals surface area contributed by atoms with Gasteiger partial charge in [-0.2, -0.15) is 0 Å². The Morgan fingerprint density at radius 2 is 1.57 bits per heavy atom. The minimum Gasteiger partial charge on any atom is -0.405 e. The molecule has 13 heteroatoms. The fourth-order valence-electron chi connectivity index (χ4n) is 4.89. The molecule has 4 aromatic rings. The summed E-state index contributed by atoms with van der Waals surface area (Å²) in [7, 11) is -4.48. The lowest BCUT2D eigenvalue weighted by atomic mass is 9.99. The number of amides is 1. The molecule has 0 aliphatic carbocycles. The molecule has 0 atom stereocenters. The zero-order chi connectivity index (χ0) is 31.5. The topological polar surface area (TPSA) is 78.9 Å². The van der Waals surface area contributed by atoms with E-state index in [1.165, 1.54) is 17.7 Å². The van der Waals surface area contributed by atoms with Gasteiger partial charge in [0.15, 0.2) is 0 Å². The first kappa shape index (κ1) is 31.8. The molecular weight excluding hydrogens is 683 g/mol. The summed E-state index contributed by atoms with van der Waals surface area (Å²) in [6.45, 7) is 3.96. The first-order valence-electron chi connectivity index (χ1n) is 13.4. The number of benzene rings is 4. The number of nitrogens with zero attached hydrogens (tertiary/aromatic N) is 2. The van der Waals surface area contributed by atoms with Crippen LogP contribution in [0.1, 0.15) is 15.9 Å². The van der Waals surface area contributed by atoms with Crippen LogP contribution in [0.2, 0.25) is 5.02 Å². The van der Waals surface area contributed by atoms with E-state index in [9.17, 15) is 26.4 Å². The Hall–Kier alpha value is -3.58. The quantitative estimate of drug-likeness (QED) is 0.210. The standard InChI is InChI=1S/C31H26BrClF3N3O4S/c32-28-14-13-26(19-29(28)43-31(34,35)36)44(41,42)37-30(40)22-7-11-25(12-8-22)39-17-15-38(16-18-39)20-23-3-1-2-4-27(23)21-5-9-24(33)10-6-21/h1-14,19H,15-18,20H2,(H,37,40). The predicted molar refractivity (Wildman–Crippen MR) is 166 cm³/mol. The predicted octanol–water partition coefficient (Wildman–Crippen LogP) is 7.11. The molecule has 4 aromatic carbocycles. The molecule has 0 spiro atoms. The van der Waals surface area contributed by atoms with Crippen LogP contribution in [-0.4, -0.2) is 51.8 Å². The van der Waals surface area contributed by atoms with Crippen LogP contribution in [0.25, 0.3) is 11.1 Å². The van der Waals surface area contributed by atoms with Gasteiger partial charge in [-0.15, -0.1) is 13.2 Å². The maximum absolute atomic E-state index is 12.7. The second-order valence-electron chi connectivity index (χ2n) is 10.0. The highest BCUT2D eigenvalue weighted by Crippen LogP contribution is 2.33. The Morgan fingerprint density at radius 3 is 2.23 bits per heavy atom. The van der Waals surface area contributed by atoms with Crippen molar-refractivity contribution in [3.63, 3.8) is 0 Å². The SMILES string of the molecule is O=C(NS(=O)(=O)c1ccc(Br)c(OC(F)(F)F)c1)c1ccc(N2CCN(Cc3ccccc3-c3ccc(Cl)cc3)CC2)cc1. The van der Waals surface area contributed by atoms with Crippen molar-refractivity contribution in [3.05, 3.63) is 112 Å². The largest absolute Gasteiger partial charge is 0.573 e. The number of nitrogens with one attached hydrogen (secondary N) is 1. The average Bonchev–Trinajstić information content (AvgIpc) is 2.98. The molecule has 1 aliphatic rings. The molecule has 1 amide bonds. The van der Waals surface area contributed by atoms with Crippen molar-refractivity contribution in [2.45, 2.75) is 17.8 Å². The van der Waals surface area contributed by atoms with E-state index in [1.807, 2.05) is 41.1 Å². The lowest BCUT2D eigenvalue weighted by Gasteiger charge is -2.36. The number of carbonyl (C=O) groups excluding carboxylic acids is 1. The van der Waals surface area contributed by atoms with E-state index in [0.29, 0.717) is 11.1 Å². The van der Waals surface area contributed by atoms with Gasteiger partial charge in [0.2, 0.25) is 0 Å². The number of ether oxygens (including phenoxy) is 1. The molecule has 0 bridgehead atoms. The molecular formula is C31H26BrClF3N3O4S. The summed E-state index contributed by atoms with van der Waals surface area (Å²) < 4.78 is 69.1. The van der Waals surface area contributed by atoms with Crippen molar-refractivity contribution >= 4 is 49.1 Å². The molecule has 1 saturated heterocycles. The van der Waals surface area contributed by atoms with Crippen LogP contribution in [0, 0.1) is 0 Å². The average molecular weight is 709 g/mol. The molecule has 0 aromatic heterocycles. The molecule has 1 aliphatic heterocycles. The van der Waals surface area contributed by atoms with E-state index < -0.39 is 32.9 Å². The minimum absolute atomic E-state index is 0.0821. The van der Waals surface area contributed by atoms with E-state index in [0.717, 1.165) is 61.7 Å². The van der Waals surface area contributed by atoms with Gasteiger partial charge in [-0.25, -0.2) is 13.1 Å². The Morgan fingerprint density at radius 1 is 0.909 bits per heavy atom. The van der Waals surface area contributed by atoms with Crippen molar-refractivity contribution < 1.29 is 31.1 Å². The highest BCUT2D eigenvalue weighted by molar-refractivity contribution is 9.10. The highest BCUT2D eigenvalue weighted by Gasteiger charge is 2.33. The second-order valence-corrected chi connectivity index (χ2v) is 13.0. The number of sulfonamides is 1. The van der Waals surface area contributed by atoms with E-state index in [-0.39, 0.29) is 10.0 Å². The summed E-state index contributed by atoms with van der Waals surface area (Å²) >= 11 is 8.96. The van der Waals surface area contributed by atoms with Crippen LogP contribution in [0.15, 0.2) is 100 Å². The molecule has 1 N–H and O–H groups in total. The summed E-state index contributed by atoms with van der Waals surface area (Å²) in [5.74, 6) is -1.66. The van der Waals surface area contributed by atoms with E-state index in [1.54, 1.807) is 12.1 Å². The lowest BCUT2D eigenvalue weighted by molar-refractivity contribution is -0.275. The van der Waals surface area contributed by atoms with Gasteiger partial charge in [0.1, 0.15) is 5.75 Å². The van der Waals surface area contributed by atoms with Crippen molar-refractivity contribution in [1.29, 1.82) is 0 Å². The minimum atomic E-state index is -5.02. The van der Waals surface area contributed by atoms with Crippen LogP contribution < -0.4 is 14.4 Å². The maximum atomic E-state index is 12.7. The van der Waals surface area contributed by atoms with Gasteiger partial charge in [0, 0.05) is 55.1 Å². The summed E-state index contributed by atoms with van der Waals surface area (Å²) in [4.78, 5) is 16.7. The fraction of sp³-hybridized carbons (Fsp3) is 0.194. The molecule has 0 radical (unpaired) electrons. The number of rotatable bonds is 8. The number of hydrogen-bond donors (Lipinski definition) is 1. The maximum Gasteiger partial charge on any atom is 0.573 e. The third-order valence-electron chi connectivity index (χ3n) is 7.10. The van der Waals surface area contributed by atoms with Gasteiger partial charge in [0.25, 0.3) is 15.9 Å². The Labute approximate surface area is 266 Å². The fourth-order valence-corrected chi connectivity index (χ4v) is 6.33. The van der Waals surface area contributed by atoms with E-state index >= 15 is 0 Å². The number of piperazine rings is 1. The molecule has 0 saturated carbocycles. The van der Waals surface area contributed by atoms with Crippen LogP contribution in [0.3, 0.4) is 0 Å². The van der Waals surface area contributed by atoms with E-state index in [2.05, 4.69) is 42.6 Å². The smallest absolute Gasteiger partial charge is 0.405 e. The first-order valence-corrected chi connectivity index (χ1v) is 16.1. The van der Waals surface area contributed by atoms with Crippen molar-refractivity contribution in [1.82, 2.24) is 9.62 Å². The Balaban J connectivity index is 1.19. The monoisotopic (exact) mass is 707 g/mol. The Kier molecular flexibility index (Phi) is 9.54. The second kappa shape index (κ2) is 13.2. The van der Waals surface area contributed by atoms with E-state index in [4.69, 9.17) is 11.6 Å². The van der Waals surface area contributed by atoms with Crippen molar-refractivity contribution in [3.8, 4) is 16.9 Å². The third-order valence-corrected chi connectivity index (χ3v) is 9.33. The Bertz CT molecular complexity index is 1750. The van der Waals surface area contributed by atoms with Crippen LogP contribution in [-0.2, 0) is 16.6 Å². The van der Waals surface area contributed by atoms with Crippen molar-refractivity contribution in [2.24, 2.45) is 0 Å². The van der Waals surface area contributed by atoms with Crippen LogP contribution in [0.5, 0.6) is 5.75 Å². The number of carbonyl (C=O) groups is 1. The molecule has 7 nitrogen and oxygen atoms in total. The normalized spacial score (nSPS) is 14.3. The van der Waals surface area contributed by atoms with Crippen LogP contribution in [0.4, 0.5) is 18.9 Å². The number of hydrogen-bond acceptors (Lipinski definition) is 6. The summed E-state index contributed by atoms with van der Waals surface area (Å²) in [5.41, 5.74) is 4.46. The molecule has 5 rings (SSSR count). The van der Waals surface area contributed by atoms with Gasteiger partial charge < -0.3 is 9.64 Å². The molecule has 230 valence electrons. The number of anilines is 1. The van der Waals surface area contributed by atoms with Crippen molar-refractivity contribution in [2.75, 3.05) is 31.1 Å². The lowest BCUT2D eigenvalue weighted by Crippen LogP contribution is -2.46. The van der Waals surface area contributed by atoms with Gasteiger partial charge in [-0.05, 0) is 81.2 Å². The molecule has 1 fully saturated rings. The summed E-state index contributed by atoms with van der Waals surface area (Å²) in [6, 6.07) is 25.4. The zero-order valence-corrected chi connectivity index (χ0v) is 26.2. The van der Waals surface area contributed by atoms with Gasteiger partial charge in [0.05, 0.1) is 9.37 Å². The number of halogens is 5. The van der Waals surface area contributed by atoms with Gasteiger partial charge in [-0.1, -0.05) is 48.0 Å². The third kappa shape index (κ3) is 7.92. The van der Waals surface area contributed by atoms with Gasteiger partial charge in [-0.3, -0.25) is 9.69 Å². The van der Waals surface area contributed by atoms with Crippen LogP contribution >= 0.6 is 27.5 Å². The first-order chi connectivity index (χ1) is 20.9. The van der Waals surface area contributed by atoms with Gasteiger partial charge >= 0.3 is 6.36 Å². The summed E-state index contributed by atoms with van der Waals surface area (Å²) in [6.07, 6.45) is -5.02. The highest BCUT2D eigenvalue weighted by atomic mass is 79.9. The molecule has 0 unspecified atom stereocenters. The zero-order valence-electron chi connectivity index (χ0n) is 23.0.